The molecular formula is C22H29Cl2FN2O2. The number of para-hydroxylation sites is 1. The highest BCUT2D eigenvalue weighted by atomic mass is 35.5. The number of nitrogens with zero attached hydrogens (tertiary/aromatic N) is 2. The number of aliphatic hydroxyl groups is 1. The molecule has 1 aliphatic rings. The third-order valence-electron chi connectivity index (χ3n) is 4.80. The lowest BCUT2D eigenvalue weighted by Gasteiger charge is -2.36. The monoisotopic (exact) mass is 442 g/mol. The first-order valence-corrected chi connectivity index (χ1v) is 9.38. The summed E-state index contributed by atoms with van der Waals surface area (Å²) >= 11 is 0. The number of aliphatic hydroxyl groups excluding tert-OH is 1. The van der Waals surface area contributed by atoms with Gasteiger partial charge in [-0.1, -0.05) is 24.3 Å². The van der Waals surface area contributed by atoms with E-state index in [0.29, 0.717) is 6.54 Å². The number of hydrogen-bond acceptors (Lipinski definition) is 4. The van der Waals surface area contributed by atoms with Crippen LogP contribution in [0.15, 0.2) is 61.2 Å². The number of halogens is 3. The van der Waals surface area contributed by atoms with Crippen LogP contribution in [0, 0.1) is 5.82 Å². The molecule has 0 saturated carbocycles. The highest BCUT2D eigenvalue weighted by Crippen LogP contribution is 2.20. The van der Waals surface area contributed by atoms with Crippen LogP contribution in [0.2, 0.25) is 0 Å². The van der Waals surface area contributed by atoms with Gasteiger partial charge >= 0.3 is 0 Å². The number of ether oxygens (including phenoxy) is 1. The van der Waals surface area contributed by atoms with Crippen LogP contribution in [0.5, 0.6) is 5.75 Å². The van der Waals surface area contributed by atoms with Crippen molar-refractivity contribution in [3.63, 3.8) is 0 Å². The number of anilines is 1. The predicted molar refractivity (Wildman–Crippen MR) is 121 cm³/mol. The van der Waals surface area contributed by atoms with E-state index in [1.54, 1.807) is 0 Å². The van der Waals surface area contributed by atoms with Gasteiger partial charge in [0.1, 0.15) is 24.3 Å². The van der Waals surface area contributed by atoms with E-state index in [1.807, 2.05) is 42.5 Å². The minimum absolute atomic E-state index is 0. The zero-order chi connectivity index (χ0) is 19.1. The molecule has 0 amide bonds. The van der Waals surface area contributed by atoms with Crippen LogP contribution in [0.3, 0.4) is 0 Å². The Morgan fingerprint density at radius 3 is 2.34 bits per heavy atom. The Hall–Kier alpha value is -1.79. The molecule has 0 spiro atoms. The first kappa shape index (κ1) is 25.2. The smallest absolute Gasteiger partial charge is 0.123 e. The van der Waals surface area contributed by atoms with Gasteiger partial charge in [0.2, 0.25) is 0 Å². The highest BCUT2D eigenvalue weighted by molar-refractivity contribution is 5.85. The van der Waals surface area contributed by atoms with E-state index in [0.717, 1.165) is 49.6 Å². The van der Waals surface area contributed by atoms with Gasteiger partial charge in [-0.3, -0.25) is 4.90 Å². The summed E-state index contributed by atoms with van der Waals surface area (Å²) in [6.45, 7) is 8.07. The quantitative estimate of drug-likeness (QED) is 0.627. The van der Waals surface area contributed by atoms with E-state index in [-0.39, 0.29) is 37.2 Å². The Morgan fingerprint density at radius 1 is 1.03 bits per heavy atom. The first-order valence-electron chi connectivity index (χ1n) is 9.38. The van der Waals surface area contributed by atoms with Gasteiger partial charge < -0.3 is 14.7 Å². The summed E-state index contributed by atoms with van der Waals surface area (Å²) in [4.78, 5) is 4.48. The summed E-state index contributed by atoms with van der Waals surface area (Å²) in [6.07, 6.45) is 2.05. The number of benzene rings is 2. The molecule has 1 N–H and O–H groups in total. The predicted octanol–water partition coefficient (Wildman–Crippen LogP) is 3.96. The molecule has 0 aromatic heterocycles. The number of allylic oxidation sites excluding steroid dienone is 1. The fraction of sp³-hybridized carbons (Fsp3) is 0.364. The zero-order valence-corrected chi connectivity index (χ0v) is 18.0. The summed E-state index contributed by atoms with van der Waals surface area (Å²) in [5, 5.41) is 10.4. The lowest BCUT2D eigenvalue weighted by molar-refractivity contribution is 0.0660. The Morgan fingerprint density at radius 2 is 1.69 bits per heavy atom. The van der Waals surface area contributed by atoms with Crippen molar-refractivity contribution in [1.82, 2.24) is 4.90 Å². The van der Waals surface area contributed by atoms with Gasteiger partial charge in [-0.25, -0.2) is 4.39 Å². The van der Waals surface area contributed by atoms with Crippen molar-refractivity contribution in [3.05, 3.63) is 72.6 Å². The maximum absolute atomic E-state index is 13.1. The van der Waals surface area contributed by atoms with E-state index in [4.69, 9.17) is 4.74 Å². The SMILES string of the molecule is C=CCc1ccccc1OCC(O)CN1CCN(c2ccc(F)cc2)CC1.Cl.Cl. The molecule has 1 aliphatic heterocycles. The highest BCUT2D eigenvalue weighted by Gasteiger charge is 2.20. The number of rotatable bonds is 8. The zero-order valence-electron chi connectivity index (χ0n) is 16.4. The summed E-state index contributed by atoms with van der Waals surface area (Å²) < 4.78 is 18.9. The molecule has 1 unspecified atom stereocenters. The van der Waals surface area contributed by atoms with E-state index in [1.165, 1.54) is 12.1 Å². The second-order valence-corrected chi connectivity index (χ2v) is 6.83. The van der Waals surface area contributed by atoms with Crippen LogP contribution in [0.25, 0.3) is 0 Å². The van der Waals surface area contributed by atoms with Gasteiger partial charge in [0.25, 0.3) is 0 Å². The van der Waals surface area contributed by atoms with Crippen molar-refractivity contribution in [2.24, 2.45) is 0 Å². The van der Waals surface area contributed by atoms with E-state index in [2.05, 4.69) is 16.4 Å². The summed E-state index contributed by atoms with van der Waals surface area (Å²) in [5.41, 5.74) is 2.12. The number of β-amino-alcohol motifs (C(OH)–C–C–N with tert-alkyl or cyclic N) is 1. The standard InChI is InChI=1S/C22H27FN2O2.2ClH/c1-2-5-18-6-3-4-7-22(18)27-17-21(26)16-24-12-14-25(15-13-24)20-10-8-19(23)9-11-20;;/h2-4,6-11,21,26H,1,5,12-17H2;2*1H. The second-order valence-electron chi connectivity index (χ2n) is 6.83. The van der Waals surface area contributed by atoms with Crippen molar-refractivity contribution in [2.45, 2.75) is 12.5 Å². The second kappa shape index (κ2) is 12.7. The van der Waals surface area contributed by atoms with Crippen LogP contribution in [0.4, 0.5) is 10.1 Å². The Labute approximate surface area is 184 Å². The van der Waals surface area contributed by atoms with Crippen LogP contribution in [-0.4, -0.2) is 55.4 Å². The van der Waals surface area contributed by atoms with Crippen LogP contribution in [0.1, 0.15) is 5.56 Å². The van der Waals surface area contributed by atoms with Crippen LogP contribution >= 0.6 is 24.8 Å². The van der Waals surface area contributed by atoms with Gasteiger partial charge in [0.15, 0.2) is 0 Å². The average molecular weight is 443 g/mol. The minimum atomic E-state index is -0.542. The van der Waals surface area contributed by atoms with Gasteiger partial charge in [-0.15, -0.1) is 31.4 Å². The molecule has 0 bridgehead atoms. The third-order valence-corrected chi connectivity index (χ3v) is 4.80. The number of hydrogen-bond donors (Lipinski definition) is 1. The molecule has 2 aromatic carbocycles. The van der Waals surface area contributed by atoms with Gasteiger partial charge in [0.05, 0.1) is 0 Å². The Kier molecular flexibility index (Phi) is 11.1. The fourth-order valence-electron chi connectivity index (χ4n) is 3.35. The molecule has 0 radical (unpaired) electrons. The van der Waals surface area contributed by atoms with Crippen molar-refractivity contribution in [1.29, 1.82) is 0 Å². The van der Waals surface area contributed by atoms with Gasteiger partial charge in [-0.05, 0) is 42.3 Å². The first-order chi connectivity index (χ1) is 13.2. The van der Waals surface area contributed by atoms with E-state index < -0.39 is 6.10 Å². The Balaban J connectivity index is 0.00000210. The molecule has 1 atom stereocenters. The van der Waals surface area contributed by atoms with Crippen molar-refractivity contribution in [3.8, 4) is 5.75 Å². The van der Waals surface area contributed by atoms with Crippen LogP contribution in [-0.2, 0) is 6.42 Å². The summed E-state index contributed by atoms with van der Waals surface area (Å²) in [7, 11) is 0. The maximum Gasteiger partial charge on any atom is 0.123 e. The van der Waals surface area contributed by atoms with Crippen molar-refractivity contribution in [2.75, 3.05) is 44.2 Å². The topological polar surface area (TPSA) is 35.9 Å². The summed E-state index contributed by atoms with van der Waals surface area (Å²) in [5.74, 6) is 0.591. The fourth-order valence-corrected chi connectivity index (χ4v) is 3.35. The molecule has 1 saturated heterocycles. The average Bonchev–Trinajstić information content (AvgIpc) is 2.69. The summed E-state index contributed by atoms with van der Waals surface area (Å²) in [6, 6.07) is 14.5. The lowest BCUT2D eigenvalue weighted by atomic mass is 10.1. The molecule has 0 aliphatic carbocycles. The van der Waals surface area contributed by atoms with Crippen molar-refractivity contribution >= 4 is 30.5 Å². The molecule has 3 rings (SSSR count). The van der Waals surface area contributed by atoms with Gasteiger partial charge in [-0.2, -0.15) is 0 Å². The molecule has 2 aromatic rings. The van der Waals surface area contributed by atoms with Gasteiger partial charge in [0, 0.05) is 38.4 Å². The normalized spacial score (nSPS) is 15.0. The molecule has 160 valence electrons. The maximum atomic E-state index is 13.1. The molecule has 1 heterocycles. The van der Waals surface area contributed by atoms with Crippen molar-refractivity contribution < 1.29 is 14.2 Å². The molecular weight excluding hydrogens is 414 g/mol. The van der Waals surface area contributed by atoms with Crippen LogP contribution < -0.4 is 9.64 Å². The molecule has 1 fully saturated rings. The molecule has 7 heteroatoms. The molecule has 4 nitrogen and oxygen atoms in total. The Bertz CT molecular complexity index is 738. The largest absolute Gasteiger partial charge is 0.491 e. The minimum Gasteiger partial charge on any atom is -0.491 e. The molecule has 29 heavy (non-hydrogen) atoms. The number of piperazine rings is 1. The lowest BCUT2D eigenvalue weighted by Crippen LogP contribution is -2.49. The van der Waals surface area contributed by atoms with E-state index in [9.17, 15) is 9.50 Å². The van der Waals surface area contributed by atoms with E-state index >= 15 is 0 Å². The third kappa shape index (κ3) is 7.52.